The molecule has 0 bridgehead atoms. The van der Waals surface area contributed by atoms with Crippen molar-refractivity contribution in [1.29, 1.82) is 0 Å². The van der Waals surface area contributed by atoms with Crippen molar-refractivity contribution in [3.63, 3.8) is 0 Å². The number of amides is 1. The molecule has 1 amide bonds. The van der Waals surface area contributed by atoms with Gasteiger partial charge in [-0.15, -0.1) is 0 Å². The zero-order valence-corrected chi connectivity index (χ0v) is 5.80. The zero-order chi connectivity index (χ0) is 7.82. The van der Waals surface area contributed by atoms with Gasteiger partial charge in [0.15, 0.2) is 0 Å². The minimum absolute atomic E-state index is 0.0393. The summed E-state index contributed by atoms with van der Waals surface area (Å²) >= 11 is 0. The number of nitrogens with one attached hydrogen (secondary N) is 1. The molecule has 0 atom stereocenters. The van der Waals surface area contributed by atoms with Gasteiger partial charge in [0.2, 0.25) is 0 Å². The first-order valence-corrected chi connectivity index (χ1v) is 3.12. The van der Waals surface area contributed by atoms with Gasteiger partial charge in [-0.1, -0.05) is 0 Å². The highest BCUT2D eigenvalue weighted by atomic mass is 16.5. The van der Waals surface area contributed by atoms with Crippen LogP contribution < -0.4 is 5.32 Å². The first kappa shape index (κ1) is 9.23. The second-order valence-corrected chi connectivity index (χ2v) is 1.64. The average molecular weight is 146 g/mol. The number of aliphatic hydroxyl groups is 1. The molecule has 0 aromatic carbocycles. The van der Waals surface area contributed by atoms with Crippen LogP contribution in [0.4, 0.5) is 4.79 Å². The molecular formula is C6H12NO3. The summed E-state index contributed by atoms with van der Waals surface area (Å²) in [6.07, 6.45) is -0.00617. The number of rotatable bonds is 4. The molecule has 2 N–H and O–H groups in total. The van der Waals surface area contributed by atoms with Crippen molar-refractivity contribution in [3.05, 3.63) is 6.92 Å². The van der Waals surface area contributed by atoms with Gasteiger partial charge in [-0.2, -0.15) is 0 Å². The number of ether oxygens (including phenoxy) is 1. The first-order chi connectivity index (χ1) is 4.81. The van der Waals surface area contributed by atoms with Crippen molar-refractivity contribution >= 4 is 6.09 Å². The summed E-state index contributed by atoms with van der Waals surface area (Å²) in [6.45, 7) is 4.00. The Morgan fingerprint density at radius 3 is 2.90 bits per heavy atom. The van der Waals surface area contributed by atoms with Crippen LogP contribution in [0.3, 0.4) is 0 Å². The summed E-state index contributed by atoms with van der Waals surface area (Å²) in [5, 5.41) is 10.6. The summed E-state index contributed by atoms with van der Waals surface area (Å²) in [6, 6.07) is 0. The van der Waals surface area contributed by atoms with Crippen LogP contribution >= 0.6 is 0 Å². The molecule has 0 unspecified atom stereocenters. The Balaban J connectivity index is 3.05. The lowest BCUT2D eigenvalue weighted by molar-refractivity contribution is 0.136. The van der Waals surface area contributed by atoms with Crippen LogP contribution in [0.15, 0.2) is 0 Å². The summed E-state index contributed by atoms with van der Waals surface area (Å²) in [7, 11) is 0. The van der Waals surface area contributed by atoms with E-state index >= 15 is 0 Å². The van der Waals surface area contributed by atoms with Gasteiger partial charge < -0.3 is 15.2 Å². The third-order valence-corrected chi connectivity index (χ3v) is 0.805. The first-order valence-electron chi connectivity index (χ1n) is 3.12. The molecule has 0 fully saturated rings. The maximum atomic E-state index is 10.5. The predicted octanol–water partition coefficient (Wildman–Crippen LogP) is -0.0709. The Bertz CT molecular complexity index is 95.0. The molecule has 0 aliphatic rings. The highest BCUT2D eigenvalue weighted by Crippen LogP contribution is 1.81. The molecule has 4 heteroatoms. The van der Waals surface area contributed by atoms with Crippen LogP contribution in [0.1, 0.15) is 6.42 Å². The lowest BCUT2D eigenvalue weighted by Crippen LogP contribution is -2.24. The number of alkyl carbamates (subject to hydrolysis) is 1. The fourth-order valence-corrected chi connectivity index (χ4v) is 0.383. The maximum absolute atomic E-state index is 10.5. The lowest BCUT2D eigenvalue weighted by atomic mass is 10.5. The molecule has 0 aliphatic carbocycles. The second kappa shape index (κ2) is 6.35. The Labute approximate surface area is 60.2 Å². The van der Waals surface area contributed by atoms with E-state index in [9.17, 15) is 4.79 Å². The highest BCUT2D eigenvalue weighted by molar-refractivity contribution is 5.67. The van der Waals surface area contributed by atoms with Crippen molar-refractivity contribution in [1.82, 2.24) is 5.32 Å². The molecule has 0 aromatic heterocycles. The van der Waals surface area contributed by atoms with Crippen molar-refractivity contribution in [2.45, 2.75) is 6.42 Å². The third-order valence-electron chi connectivity index (χ3n) is 0.805. The normalized spacial score (nSPS) is 9.00. The van der Waals surface area contributed by atoms with Crippen LogP contribution in [-0.2, 0) is 4.74 Å². The molecule has 0 saturated heterocycles. The van der Waals surface area contributed by atoms with Gasteiger partial charge in [0.05, 0.1) is 6.61 Å². The topological polar surface area (TPSA) is 58.6 Å². The van der Waals surface area contributed by atoms with Gasteiger partial charge in [-0.3, -0.25) is 0 Å². The molecule has 10 heavy (non-hydrogen) atoms. The number of carbonyl (C=O) groups excluding carboxylic acids is 1. The zero-order valence-electron chi connectivity index (χ0n) is 5.80. The van der Waals surface area contributed by atoms with Gasteiger partial charge >= 0.3 is 6.09 Å². The summed E-state index contributed by atoms with van der Waals surface area (Å²) in [4.78, 5) is 10.5. The average Bonchev–Trinajstić information content (AvgIpc) is 1.89. The third kappa shape index (κ3) is 5.37. The van der Waals surface area contributed by atoms with E-state index in [2.05, 4.69) is 17.0 Å². The fourth-order valence-electron chi connectivity index (χ4n) is 0.383. The highest BCUT2D eigenvalue weighted by Gasteiger charge is 1.96. The lowest BCUT2D eigenvalue weighted by Gasteiger charge is -2.02. The van der Waals surface area contributed by atoms with Gasteiger partial charge in [0.1, 0.15) is 0 Å². The molecule has 0 aliphatic heterocycles. The molecule has 0 rings (SSSR count). The molecule has 4 nitrogen and oxygen atoms in total. The van der Waals surface area contributed by atoms with E-state index in [4.69, 9.17) is 5.11 Å². The van der Waals surface area contributed by atoms with Crippen LogP contribution in [0, 0.1) is 6.92 Å². The standard InChI is InChI=1S/C6H12NO3/c1-2-7-6(9)10-5-3-4-8/h8H,1-5H2,(H,7,9). The van der Waals surface area contributed by atoms with Crippen molar-refractivity contribution in [2.75, 3.05) is 19.8 Å². The van der Waals surface area contributed by atoms with E-state index in [-0.39, 0.29) is 13.2 Å². The minimum Gasteiger partial charge on any atom is -0.449 e. The van der Waals surface area contributed by atoms with Gasteiger partial charge in [0, 0.05) is 19.6 Å². The van der Waals surface area contributed by atoms with Crippen molar-refractivity contribution in [3.8, 4) is 0 Å². The smallest absolute Gasteiger partial charge is 0.407 e. The Morgan fingerprint density at radius 2 is 2.40 bits per heavy atom. The number of hydrogen-bond donors (Lipinski definition) is 2. The second-order valence-electron chi connectivity index (χ2n) is 1.64. The SMILES string of the molecule is [CH2]CNC(=O)OCCCO. The van der Waals surface area contributed by atoms with Crippen molar-refractivity contribution in [2.24, 2.45) is 0 Å². The van der Waals surface area contributed by atoms with Crippen molar-refractivity contribution < 1.29 is 14.6 Å². The Morgan fingerprint density at radius 1 is 1.70 bits per heavy atom. The predicted molar refractivity (Wildman–Crippen MR) is 36.4 cm³/mol. The molecule has 0 aromatic rings. The van der Waals surface area contributed by atoms with E-state index in [1.54, 1.807) is 0 Å². The van der Waals surface area contributed by atoms with Crippen LogP contribution in [-0.4, -0.2) is 31.0 Å². The molecule has 0 saturated carbocycles. The van der Waals surface area contributed by atoms with E-state index in [1.807, 2.05) is 0 Å². The van der Waals surface area contributed by atoms with Crippen LogP contribution in [0.25, 0.3) is 0 Å². The number of hydrogen-bond acceptors (Lipinski definition) is 3. The molecule has 0 heterocycles. The van der Waals surface area contributed by atoms with Gasteiger partial charge in [-0.25, -0.2) is 4.79 Å². The van der Waals surface area contributed by atoms with E-state index < -0.39 is 6.09 Å². The maximum Gasteiger partial charge on any atom is 0.407 e. The summed E-state index contributed by atoms with van der Waals surface area (Å²) in [5.41, 5.74) is 0. The van der Waals surface area contributed by atoms with E-state index in [0.717, 1.165) is 0 Å². The Kier molecular flexibility index (Phi) is 5.86. The molecular weight excluding hydrogens is 134 g/mol. The van der Waals surface area contributed by atoms with Gasteiger partial charge in [0.25, 0.3) is 0 Å². The largest absolute Gasteiger partial charge is 0.449 e. The molecule has 0 spiro atoms. The summed E-state index contributed by atoms with van der Waals surface area (Å²) in [5.74, 6) is 0. The van der Waals surface area contributed by atoms with Crippen LogP contribution in [0.2, 0.25) is 0 Å². The molecule has 1 radical (unpaired) electrons. The number of aliphatic hydroxyl groups excluding tert-OH is 1. The minimum atomic E-state index is -0.483. The number of carbonyl (C=O) groups is 1. The fraction of sp³-hybridized carbons (Fsp3) is 0.667. The van der Waals surface area contributed by atoms with E-state index in [1.165, 1.54) is 0 Å². The van der Waals surface area contributed by atoms with E-state index in [0.29, 0.717) is 13.0 Å². The van der Waals surface area contributed by atoms with Crippen LogP contribution in [0.5, 0.6) is 0 Å². The quantitative estimate of drug-likeness (QED) is 0.546. The Hall–Kier alpha value is -0.770. The van der Waals surface area contributed by atoms with Gasteiger partial charge in [-0.05, 0) is 6.92 Å². The molecule has 59 valence electrons. The monoisotopic (exact) mass is 146 g/mol. The summed E-state index contributed by atoms with van der Waals surface area (Å²) < 4.78 is 4.57.